The number of hydrogen-bond donors (Lipinski definition) is 2. The molecule has 0 saturated carbocycles. The zero-order chi connectivity index (χ0) is 17.7. The Hall–Kier alpha value is -0.610. The molecule has 0 aliphatic carbocycles. The van der Waals surface area contributed by atoms with Crippen molar-refractivity contribution in [3.63, 3.8) is 0 Å². The summed E-state index contributed by atoms with van der Waals surface area (Å²) >= 11 is 0. The van der Waals surface area contributed by atoms with E-state index in [0.29, 0.717) is 32.7 Å². The molecule has 0 heterocycles. The lowest BCUT2D eigenvalue weighted by Gasteiger charge is -2.06. The number of nitrogens with two attached hydrogens (primary N) is 1. The molecule has 0 spiro atoms. The number of rotatable bonds is 19. The second kappa shape index (κ2) is 20.4. The topological polar surface area (TPSA) is 64.3 Å². The van der Waals surface area contributed by atoms with Crippen molar-refractivity contribution >= 4 is 5.91 Å². The molecule has 0 aliphatic rings. The summed E-state index contributed by atoms with van der Waals surface area (Å²) in [6, 6.07) is 0. The van der Waals surface area contributed by atoms with Gasteiger partial charge in [-0.15, -0.1) is 0 Å². The average Bonchev–Trinajstić information content (AvgIpc) is 2.59. The van der Waals surface area contributed by atoms with Crippen molar-refractivity contribution in [3.05, 3.63) is 0 Å². The fourth-order valence-corrected chi connectivity index (χ4v) is 2.84. The monoisotopic (exact) mass is 342 g/mol. The fourth-order valence-electron chi connectivity index (χ4n) is 2.84. The molecule has 1 amide bonds. The van der Waals surface area contributed by atoms with Gasteiger partial charge < -0.3 is 15.8 Å². The SMILES string of the molecule is CCCCCCCCCCCCCCCC(=O)NCCOCCN. The molecule has 0 aromatic carbocycles. The number of carbonyl (C=O) groups excluding carboxylic acids is 1. The van der Waals surface area contributed by atoms with Gasteiger partial charge in [-0.1, -0.05) is 84.0 Å². The van der Waals surface area contributed by atoms with E-state index in [0.717, 1.165) is 6.42 Å². The second-order valence-electron chi connectivity index (χ2n) is 6.74. The third kappa shape index (κ3) is 19.4. The predicted molar refractivity (Wildman–Crippen MR) is 103 cm³/mol. The molecule has 0 radical (unpaired) electrons. The summed E-state index contributed by atoms with van der Waals surface area (Å²) < 4.78 is 5.22. The summed E-state index contributed by atoms with van der Waals surface area (Å²) in [6.07, 6.45) is 18.0. The second-order valence-corrected chi connectivity index (χ2v) is 6.74. The predicted octanol–water partition coefficient (Wildman–Crippen LogP) is 4.56. The Bertz CT molecular complexity index is 260. The quantitative estimate of drug-likeness (QED) is 0.338. The highest BCUT2D eigenvalue weighted by atomic mass is 16.5. The van der Waals surface area contributed by atoms with E-state index in [9.17, 15) is 4.79 Å². The van der Waals surface area contributed by atoms with Crippen molar-refractivity contribution in [2.24, 2.45) is 5.73 Å². The summed E-state index contributed by atoms with van der Waals surface area (Å²) in [4.78, 5) is 11.6. The van der Waals surface area contributed by atoms with Gasteiger partial charge in [0, 0.05) is 19.5 Å². The van der Waals surface area contributed by atoms with E-state index >= 15 is 0 Å². The number of hydrogen-bond acceptors (Lipinski definition) is 3. The first-order chi connectivity index (χ1) is 11.8. The summed E-state index contributed by atoms with van der Waals surface area (Å²) in [6.45, 7) is 4.52. The molecular weight excluding hydrogens is 300 g/mol. The van der Waals surface area contributed by atoms with Crippen molar-refractivity contribution in [3.8, 4) is 0 Å². The van der Waals surface area contributed by atoms with Crippen LogP contribution in [0, 0.1) is 0 Å². The first kappa shape index (κ1) is 23.4. The smallest absolute Gasteiger partial charge is 0.220 e. The normalized spacial score (nSPS) is 10.9. The lowest BCUT2D eigenvalue weighted by molar-refractivity contribution is -0.121. The van der Waals surface area contributed by atoms with Crippen LogP contribution >= 0.6 is 0 Å². The van der Waals surface area contributed by atoms with Crippen LogP contribution in [0.3, 0.4) is 0 Å². The van der Waals surface area contributed by atoms with Crippen LogP contribution in [0.5, 0.6) is 0 Å². The van der Waals surface area contributed by atoms with Crippen LogP contribution in [0.25, 0.3) is 0 Å². The minimum atomic E-state index is 0.148. The van der Waals surface area contributed by atoms with Gasteiger partial charge in [0.05, 0.1) is 13.2 Å². The fraction of sp³-hybridized carbons (Fsp3) is 0.950. The van der Waals surface area contributed by atoms with Gasteiger partial charge >= 0.3 is 0 Å². The number of nitrogens with one attached hydrogen (secondary N) is 1. The zero-order valence-corrected chi connectivity index (χ0v) is 16.1. The van der Waals surface area contributed by atoms with Crippen LogP contribution in [0.4, 0.5) is 0 Å². The Morgan fingerprint density at radius 1 is 0.792 bits per heavy atom. The highest BCUT2D eigenvalue weighted by molar-refractivity contribution is 5.75. The molecule has 0 bridgehead atoms. The van der Waals surface area contributed by atoms with E-state index in [4.69, 9.17) is 10.5 Å². The first-order valence-electron chi connectivity index (χ1n) is 10.4. The Morgan fingerprint density at radius 2 is 1.29 bits per heavy atom. The molecular formula is C20H42N2O2. The third-order valence-corrected chi connectivity index (χ3v) is 4.34. The van der Waals surface area contributed by atoms with Gasteiger partial charge in [-0.25, -0.2) is 0 Å². The molecule has 24 heavy (non-hydrogen) atoms. The minimum absolute atomic E-state index is 0.148. The number of amides is 1. The van der Waals surface area contributed by atoms with E-state index < -0.39 is 0 Å². The Labute approximate surface area is 150 Å². The molecule has 3 N–H and O–H groups in total. The number of unbranched alkanes of at least 4 members (excludes halogenated alkanes) is 12. The van der Waals surface area contributed by atoms with Crippen LogP contribution in [-0.4, -0.2) is 32.2 Å². The molecule has 0 aromatic heterocycles. The molecule has 0 fully saturated rings. The first-order valence-corrected chi connectivity index (χ1v) is 10.4. The van der Waals surface area contributed by atoms with Crippen molar-refractivity contribution in [2.75, 3.05) is 26.3 Å². The van der Waals surface area contributed by atoms with Crippen LogP contribution in [0.2, 0.25) is 0 Å². The maximum atomic E-state index is 11.6. The van der Waals surface area contributed by atoms with Crippen LogP contribution in [-0.2, 0) is 9.53 Å². The Morgan fingerprint density at radius 3 is 1.79 bits per heavy atom. The van der Waals surface area contributed by atoms with E-state index in [2.05, 4.69) is 12.2 Å². The van der Waals surface area contributed by atoms with E-state index in [1.165, 1.54) is 77.0 Å². The molecule has 0 atom stereocenters. The molecule has 0 rings (SSSR count). The molecule has 4 nitrogen and oxygen atoms in total. The highest BCUT2D eigenvalue weighted by Gasteiger charge is 2.00. The summed E-state index contributed by atoms with van der Waals surface area (Å²) in [5, 5.41) is 2.88. The lowest BCUT2D eigenvalue weighted by atomic mass is 10.0. The summed E-state index contributed by atoms with van der Waals surface area (Å²) in [5.41, 5.74) is 5.32. The highest BCUT2D eigenvalue weighted by Crippen LogP contribution is 2.12. The lowest BCUT2D eigenvalue weighted by Crippen LogP contribution is -2.27. The van der Waals surface area contributed by atoms with Gasteiger partial charge in [0.15, 0.2) is 0 Å². The number of ether oxygens (including phenoxy) is 1. The minimum Gasteiger partial charge on any atom is -0.378 e. The van der Waals surface area contributed by atoms with Crippen LogP contribution in [0.15, 0.2) is 0 Å². The molecule has 4 heteroatoms. The van der Waals surface area contributed by atoms with E-state index in [1.807, 2.05) is 0 Å². The van der Waals surface area contributed by atoms with Crippen LogP contribution < -0.4 is 11.1 Å². The van der Waals surface area contributed by atoms with Gasteiger partial charge in [0.1, 0.15) is 0 Å². The van der Waals surface area contributed by atoms with Crippen molar-refractivity contribution < 1.29 is 9.53 Å². The summed E-state index contributed by atoms with van der Waals surface area (Å²) in [5.74, 6) is 0.148. The van der Waals surface area contributed by atoms with E-state index in [-0.39, 0.29) is 5.91 Å². The zero-order valence-electron chi connectivity index (χ0n) is 16.1. The maximum absolute atomic E-state index is 11.6. The van der Waals surface area contributed by atoms with Gasteiger partial charge in [-0.3, -0.25) is 4.79 Å². The van der Waals surface area contributed by atoms with Gasteiger partial charge in [-0.2, -0.15) is 0 Å². The molecule has 144 valence electrons. The largest absolute Gasteiger partial charge is 0.378 e. The van der Waals surface area contributed by atoms with Gasteiger partial charge in [0.25, 0.3) is 0 Å². The van der Waals surface area contributed by atoms with Gasteiger partial charge in [0.2, 0.25) is 5.91 Å². The van der Waals surface area contributed by atoms with Crippen LogP contribution in [0.1, 0.15) is 96.8 Å². The van der Waals surface area contributed by atoms with Crippen molar-refractivity contribution in [2.45, 2.75) is 96.8 Å². The molecule has 0 aliphatic heterocycles. The maximum Gasteiger partial charge on any atom is 0.220 e. The molecule has 0 aromatic rings. The standard InChI is InChI=1S/C20H42N2O2/c1-2-3-4-5-6-7-8-9-10-11-12-13-14-15-20(23)22-17-19-24-18-16-21/h2-19,21H2,1H3,(H,22,23). The Kier molecular flexibility index (Phi) is 19.9. The number of carbonyl (C=O) groups is 1. The average molecular weight is 343 g/mol. The van der Waals surface area contributed by atoms with Gasteiger partial charge in [-0.05, 0) is 6.42 Å². The van der Waals surface area contributed by atoms with Crippen molar-refractivity contribution in [1.82, 2.24) is 5.32 Å². The molecule has 0 saturated heterocycles. The van der Waals surface area contributed by atoms with Crippen molar-refractivity contribution in [1.29, 1.82) is 0 Å². The Balaban J connectivity index is 3.10. The third-order valence-electron chi connectivity index (χ3n) is 4.34. The summed E-state index contributed by atoms with van der Waals surface area (Å²) in [7, 11) is 0. The van der Waals surface area contributed by atoms with E-state index in [1.54, 1.807) is 0 Å². The molecule has 0 unspecified atom stereocenters.